The van der Waals surface area contributed by atoms with E-state index < -0.39 is 17.9 Å². The summed E-state index contributed by atoms with van der Waals surface area (Å²) in [6, 6.07) is 5.59. The summed E-state index contributed by atoms with van der Waals surface area (Å²) in [5, 5.41) is 14.6. The minimum atomic E-state index is -4.81. The molecule has 28 heavy (non-hydrogen) atoms. The highest BCUT2D eigenvalue weighted by atomic mass is 19.4. The summed E-state index contributed by atoms with van der Waals surface area (Å²) in [7, 11) is 0. The molecule has 1 saturated heterocycles. The molecule has 0 aromatic heterocycles. The van der Waals surface area contributed by atoms with E-state index in [9.17, 15) is 23.1 Å². The normalized spacial score (nSPS) is 23.9. The van der Waals surface area contributed by atoms with Crippen LogP contribution in [0.15, 0.2) is 24.3 Å². The number of aliphatic hydroxyl groups is 1. The molecule has 3 rings (SSSR count). The Morgan fingerprint density at radius 1 is 1.32 bits per heavy atom. The Labute approximate surface area is 162 Å². The molecule has 1 saturated carbocycles. The van der Waals surface area contributed by atoms with E-state index in [1.54, 1.807) is 11.0 Å². The fourth-order valence-corrected chi connectivity index (χ4v) is 4.34. The molecule has 2 N–H and O–H groups in total. The number of nitrogens with zero attached hydrogens (tertiary/aromatic N) is 1. The van der Waals surface area contributed by atoms with Crippen molar-refractivity contribution in [2.45, 2.75) is 63.0 Å². The van der Waals surface area contributed by atoms with Crippen LogP contribution < -0.4 is 10.1 Å². The average molecular weight is 400 g/mol. The van der Waals surface area contributed by atoms with Crippen LogP contribution in [0.4, 0.5) is 13.2 Å². The molecular formula is C20H27F3N2O3. The van der Waals surface area contributed by atoms with Crippen LogP contribution in [-0.4, -0.2) is 53.6 Å². The first kappa shape index (κ1) is 20.9. The molecule has 0 spiro atoms. The summed E-state index contributed by atoms with van der Waals surface area (Å²) in [6.45, 7) is 3.63. The van der Waals surface area contributed by atoms with Gasteiger partial charge in [0.1, 0.15) is 5.75 Å². The number of amides is 1. The SMILES string of the molecule is C[C@@H]1CN(C(=O)[C@H](c2cccc(OC(F)(F)F)c2)C2(O)CCCCC2)CCN1. The van der Waals surface area contributed by atoms with Crippen molar-refractivity contribution in [1.29, 1.82) is 0 Å². The topological polar surface area (TPSA) is 61.8 Å². The maximum atomic E-state index is 13.4. The number of rotatable bonds is 4. The van der Waals surface area contributed by atoms with E-state index in [0.717, 1.165) is 19.3 Å². The van der Waals surface area contributed by atoms with Gasteiger partial charge in [0.2, 0.25) is 5.91 Å². The van der Waals surface area contributed by atoms with Crippen LogP contribution in [0, 0.1) is 0 Å². The van der Waals surface area contributed by atoms with Crippen molar-refractivity contribution in [1.82, 2.24) is 10.2 Å². The fraction of sp³-hybridized carbons (Fsp3) is 0.650. The summed E-state index contributed by atoms with van der Waals surface area (Å²) in [6.07, 6.45) is -1.35. The second kappa shape index (κ2) is 8.29. The van der Waals surface area contributed by atoms with Gasteiger partial charge in [-0.15, -0.1) is 13.2 Å². The Kier molecular flexibility index (Phi) is 6.19. The predicted octanol–water partition coefficient (Wildman–Crippen LogP) is 3.18. The lowest BCUT2D eigenvalue weighted by atomic mass is 9.72. The molecular weight excluding hydrogens is 373 g/mol. The third-order valence-corrected chi connectivity index (χ3v) is 5.61. The number of piperazine rings is 1. The number of alkyl halides is 3. The molecule has 1 amide bonds. The zero-order chi connectivity index (χ0) is 20.4. The van der Waals surface area contributed by atoms with Crippen LogP contribution in [0.2, 0.25) is 0 Å². The van der Waals surface area contributed by atoms with Crippen molar-refractivity contribution in [2.24, 2.45) is 0 Å². The maximum absolute atomic E-state index is 13.4. The van der Waals surface area contributed by atoms with Gasteiger partial charge in [0, 0.05) is 25.7 Å². The molecule has 1 aliphatic heterocycles. The molecule has 1 heterocycles. The van der Waals surface area contributed by atoms with E-state index in [-0.39, 0.29) is 17.7 Å². The third kappa shape index (κ3) is 4.97. The van der Waals surface area contributed by atoms with Crippen molar-refractivity contribution < 1.29 is 27.8 Å². The van der Waals surface area contributed by atoms with Gasteiger partial charge in [0.05, 0.1) is 11.5 Å². The summed E-state index contributed by atoms with van der Waals surface area (Å²) >= 11 is 0. The quantitative estimate of drug-likeness (QED) is 0.815. The first-order valence-electron chi connectivity index (χ1n) is 9.78. The van der Waals surface area contributed by atoms with E-state index in [1.807, 2.05) is 6.92 Å². The summed E-state index contributed by atoms with van der Waals surface area (Å²) in [5.41, 5.74) is -0.900. The predicted molar refractivity (Wildman–Crippen MR) is 97.9 cm³/mol. The molecule has 2 fully saturated rings. The highest BCUT2D eigenvalue weighted by Gasteiger charge is 2.45. The molecule has 1 aromatic rings. The number of hydrogen-bond acceptors (Lipinski definition) is 4. The Hall–Kier alpha value is -1.80. The van der Waals surface area contributed by atoms with Crippen LogP contribution >= 0.6 is 0 Å². The molecule has 2 atom stereocenters. The van der Waals surface area contributed by atoms with E-state index in [2.05, 4.69) is 10.1 Å². The van der Waals surface area contributed by atoms with E-state index in [1.165, 1.54) is 18.2 Å². The Morgan fingerprint density at radius 3 is 2.68 bits per heavy atom. The number of carbonyl (C=O) groups is 1. The van der Waals surface area contributed by atoms with Crippen molar-refractivity contribution in [3.8, 4) is 5.75 Å². The molecule has 1 aromatic carbocycles. The van der Waals surface area contributed by atoms with Gasteiger partial charge in [-0.3, -0.25) is 4.79 Å². The van der Waals surface area contributed by atoms with Gasteiger partial charge in [0.25, 0.3) is 0 Å². The number of carbonyl (C=O) groups excluding carboxylic acids is 1. The van der Waals surface area contributed by atoms with Gasteiger partial charge >= 0.3 is 6.36 Å². The first-order chi connectivity index (χ1) is 13.2. The van der Waals surface area contributed by atoms with E-state index in [4.69, 9.17) is 0 Å². The smallest absolute Gasteiger partial charge is 0.406 e. The van der Waals surface area contributed by atoms with Gasteiger partial charge < -0.3 is 20.1 Å². The lowest BCUT2D eigenvalue weighted by Gasteiger charge is -2.42. The monoisotopic (exact) mass is 400 g/mol. The van der Waals surface area contributed by atoms with Crippen LogP contribution in [0.1, 0.15) is 50.5 Å². The standard InChI is InChI=1S/C20H27F3N2O3/c1-14-13-25(11-10-24-14)18(26)17(19(27)8-3-2-4-9-19)15-6-5-7-16(12-15)28-20(21,22)23/h5-7,12,14,17,24,27H,2-4,8-11,13H2,1H3/t14-,17+/m1/s1. The van der Waals surface area contributed by atoms with Crippen molar-refractivity contribution >= 4 is 5.91 Å². The lowest BCUT2D eigenvalue weighted by molar-refractivity contribution is -0.274. The Morgan fingerprint density at radius 2 is 2.04 bits per heavy atom. The average Bonchev–Trinajstić information content (AvgIpc) is 2.61. The van der Waals surface area contributed by atoms with Gasteiger partial charge in [0.15, 0.2) is 0 Å². The van der Waals surface area contributed by atoms with E-state index >= 15 is 0 Å². The second-order valence-electron chi connectivity index (χ2n) is 7.86. The number of benzene rings is 1. The Balaban J connectivity index is 1.94. The summed E-state index contributed by atoms with van der Waals surface area (Å²) in [5.74, 6) is -1.52. The molecule has 156 valence electrons. The molecule has 1 aliphatic carbocycles. The van der Waals surface area contributed by atoms with Gasteiger partial charge in [-0.2, -0.15) is 0 Å². The Bertz CT molecular complexity index is 690. The van der Waals surface area contributed by atoms with E-state index in [0.29, 0.717) is 38.0 Å². The fourth-order valence-electron chi connectivity index (χ4n) is 4.34. The lowest BCUT2D eigenvalue weighted by Crippen LogP contribution is -2.55. The van der Waals surface area contributed by atoms with Crippen molar-refractivity contribution in [2.75, 3.05) is 19.6 Å². The number of halogens is 3. The van der Waals surface area contributed by atoms with Crippen molar-refractivity contribution in [3.63, 3.8) is 0 Å². The number of nitrogens with one attached hydrogen (secondary N) is 1. The summed E-state index contributed by atoms with van der Waals surface area (Å²) in [4.78, 5) is 15.1. The molecule has 8 heteroatoms. The van der Waals surface area contributed by atoms with Gasteiger partial charge in [-0.25, -0.2) is 0 Å². The van der Waals surface area contributed by atoms with Crippen molar-refractivity contribution in [3.05, 3.63) is 29.8 Å². The minimum absolute atomic E-state index is 0.124. The molecule has 0 unspecified atom stereocenters. The largest absolute Gasteiger partial charge is 0.573 e. The minimum Gasteiger partial charge on any atom is -0.406 e. The molecule has 5 nitrogen and oxygen atoms in total. The second-order valence-corrected chi connectivity index (χ2v) is 7.86. The summed E-state index contributed by atoms with van der Waals surface area (Å²) < 4.78 is 42.0. The maximum Gasteiger partial charge on any atom is 0.573 e. The highest BCUT2D eigenvalue weighted by molar-refractivity contribution is 5.85. The molecule has 0 bridgehead atoms. The van der Waals surface area contributed by atoms with Crippen LogP contribution in [0.25, 0.3) is 0 Å². The number of hydrogen-bond donors (Lipinski definition) is 2. The third-order valence-electron chi connectivity index (χ3n) is 5.61. The molecule has 2 aliphatic rings. The number of ether oxygens (including phenoxy) is 1. The molecule has 0 radical (unpaired) electrons. The van der Waals surface area contributed by atoms with Crippen LogP contribution in [0.3, 0.4) is 0 Å². The zero-order valence-corrected chi connectivity index (χ0v) is 16.0. The van der Waals surface area contributed by atoms with Crippen LogP contribution in [0.5, 0.6) is 5.75 Å². The first-order valence-corrected chi connectivity index (χ1v) is 9.78. The van der Waals surface area contributed by atoms with Gasteiger partial charge in [-0.1, -0.05) is 31.4 Å². The van der Waals surface area contributed by atoms with Crippen LogP contribution in [-0.2, 0) is 4.79 Å². The zero-order valence-electron chi connectivity index (χ0n) is 16.0. The highest BCUT2D eigenvalue weighted by Crippen LogP contribution is 2.42. The van der Waals surface area contributed by atoms with Gasteiger partial charge in [-0.05, 0) is 37.5 Å².